The number of carbonyl (C=O) groups is 1. The number of nitrogens with zero attached hydrogens (tertiary/aromatic N) is 4. The van der Waals surface area contributed by atoms with Gasteiger partial charge in [-0.3, -0.25) is 9.36 Å². The van der Waals surface area contributed by atoms with Gasteiger partial charge in [0.25, 0.3) is 5.91 Å². The molecular formula is C20H19ClN4O3S. The normalized spacial score (nSPS) is 15.4. The van der Waals surface area contributed by atoms with Gasteiger partial charge < -0.3 is 4.90 Å². The number of hydrogen-bond donors (Lipinski definition) is 0. The topological polar surface area (TPSA) is 75.5 Å². The number of benzene rings is 2. The third-order valence-electron chi connectivity index (χ3n) is 4.87. The lowest BCUT2D eigenvalue weighted by Gasteiger charge is -2.34. The molecule has 0 N–H and O–H groups in total. The molecule has 1 aliphatic rings. The van der Waals surface area contributed by atoms with E-state index in [4.69, 9.17) is 11.6 Å². The highest BCUT2D eigenvalue weighted by molar-refractivity contribution is 7.89. The number of piperazine rings is 1. The minimum absolute atomic E-state index is 0.0867. The van der Waals surface area contributed by atoms with Gasteiger partial charge in [0.15, 0.2) is 0 Å². The number of aromatic nitrogens is 2. The maximum Gasteiger partial charge on any atom is 0.272 e. The number of rotatable bonds is 4. The van der Waals surface area contributed by atoms with E-state index >= 15 is 0 Å². The molecule has 2 heterocycles. The van der Waals surface area contributed by atoms with Gasteiger partial charge in [-0.05, 0) is 24.3 Å². The van der Waals surface area contributed by atoms with E-state index in [1.54, 1.807) is 34.0 Å². The predicted molar refractivity (Wildman–Crippen MR) is 110 cm³/mol. The first-order valence-corrected chi connectivity index (χ1v) is 10.9. The van der Waals surface area contributed by atoms with Crippen LogP contribution in [0.2, 0.25) is 5.02 Å². The van der Waals surface area contributed by atoms with Crippen molar-refractivity contribution in [2.24, 2.45) is 0 Å². The zero-order valence-electron chi connectivity index (χ0n) is 15.5. The molecular weight excluding hydrogens is 412 g/mol. The molecule has 0 bridgehead atoms. The molecule has 3 aromatic rings. The molecule has 0 spiro atoms. The Morgan fingerprint density at radius 2 is 1.59 bits per heavy atom. The number of para-hydroxylation sites is 1. The molecule has 0 unspecified atom stereocenters. The van der Waals surface area contributed by atoms with Gasteiger partial charge in [-0.25, -0.2) is 13.4 Å². The molecule has 0 aliphatic carbocycles. The first kappa shape index (κ1) is 19.6. The molecule has 1 aromatic heterocycles. The molecule has 0 atom stereocenters. The monoisotopic (exact) mass is 430 g/mol. The summed E-state index contributed by atoms with van der Waals surface area (Å²) in [5.41, 5.74) is 1.28. The van der Waals surface area contributed by atoms with Crippen molar-refractivity contribution in [1.29, 1.82) is 0 Å². The van der Waals surface area contributed by atoms with E-state index in [0.717, 1.165) is 5.69 Å². The van der Waals surface area contributed by atoms with E-state index in [-0.39, 0.29) is 28.9 Å². The molecule has 1 saturated heterocycles. The molecule has 4 rings (SSSR count). The van der Waals surface area contributed by atoms with Crippen LogP contribution in [0.4, 0.5) is 0 Å². The van der Waals surface area contributed by atoms with Crippen molar-refractivity contribution in [2.75, 3.05) is 26.2 Å². The summed E-state index contributed by atoms with van der Waals surface area (Å²) in [6.45, 7) is 1.00. The Bertz CT molecular complexity index is 1120. The summed E-state index contributed by atoms with van der Waals surface area (Å²) >= 11 is 6.07. The smallest absolute Gasteiger partial charge is 0.272 e. The number of imidazole rings is 1. The van der Waals surface area contributed by atoms with Crippen LogP contribution in [0, 0.1) is 0 Å². The summed E-state index contributed by atoms with van der Waals surface area (Å²) < 4.78 is 28.9. The summed E-state index contributed by atoms with van der Waals surface area (Å²) in [4.78, 5) is 18.9. The Morgan fingerprint density at radius 1 is 0.931 bits per heavy atom. The van der Waals surface area contributed by atoms with Crippen molar-refractivity contribution in [1.82, 2.24) is 18.8 Å². The molecule has 1 fully saturated rings. The average molecular weight is 431 g/mol. The zero-order valence-corrected chi connectivity index (χ0v) is 17.1. The van der Waals surface area contributed by atoms with Crippen molar-refractivity contribution in [3.05, 3.63) is 77.8 Å². The molecule has 9 heteroatoms. The summed E-state index contributed by atoms with van der Waals surface area (Å²) in [5, 5.41) is 0.192. The predicted octanol–water partition coefficient (Wildman–Crippen LogP) is 2.67. The average Bonchev–Trinajstić information content (AvgIpc) is 3.24. The summed E-state index contributed by atoms with van der Waals surface area (Å²) in [6, 6.07) is 15.9. The van der Waals surface area contributed by atoms with Gasteiger partial charge in [0.2, 0.25) is 10.0 Å². The van der Waals surface area contributed by atoms with Crippen molar-refractivity contribution in [3.63, 3.8) is 0 Å². The SMILES string of the molecule is O=C(c1cncn1-c1ccccc1)N1CCN(S(=O)(=O)c2ccccc2Cl)CC1. The molecule has 7 nitrogen and oxygen atoms in total. The number of sulfonamides is 1. The summed E-state index contributed by atoms with van der Waals surface area (Å²) in [5.74, 6) is -0.179. The maximum absolute atomic E-state index is 13.0. The number of halogens is 1. The zero-order chi connectivity index (χ0) is 20.4. The molecule has 29 heavy (non-hydrogen) atoms. The first-order chi connectivity index (χ1) is 14.0. The summed E-state index contributed by atoms with van der Waals surface area (Å²) in [6.07, 6.45) is 3.13. The van der Waals surface area contributed by atoms with E-state index in [9.17, 15) is 13.2 Å². The Balaban J connectivity index is 1.49. The molecule has 1 amide bonds. The van der Waals surface area contributed by atoms with Crippen LogP contribution < -0.4 is 0 Å². The van der Waals surface area contributed by atoms with Crippen LogP contribution in [0.5, 0.6) is 0 Å². The fourth-order valence-electron chi connectivity index (χ4n) is 3.33. The molecule has 0 saturated carbocycles. The van der Waals surface area contributed by atoms with E-state index in [0.29, 0.717) is 18.8 Å². The van der Waals surface area contributed by atoms with Crippen LogP contribution in [-0.2, 0) is 10.0 Å². The second-order valence-corrected chi connectivity index (χ2v) is 8.92. The number of hydrogen-bond acceptors (Lipinski definition) is 4. The van der Waals surface area contributed by atoms with E-state index < -0.39 is 10.0 Å². The summed E-state index contributed by atoms with van der Waals surface area (Å²) in [7, 11) is -3.70. The Hall–Kier alpha value is -2.68. The van der Waals surface area contributed by atoms with Crippen LogP contribution >= 0.6 is 11.6 Å². The van der Waals surface area contributed by atoms with Crippen LogP contribution in [-0.4, -0.2) is 59.3 Å². The lowest BCUT2D eigenvalue weighted by atomic mass is 10.3. The lowest BCUT2D eigenvalue weighted by Crippen LogP contribution is -2.50. The molecule has 2 aromatic carbocycles. The fourth-order valence-corrected chi connectivity index (χ4v) is 5.25. The molecule has 150 valence electrons. The lowest BCUT2D eigenvalue weighted by molar-refractivity contribution is 0.0690. The third kappa shape index (κ3) is 3.78. The van der Waals surface area contributed by atoms with Crippen molar-refractivity contribution >= 4 is 27.5 Å². The maximum atomic E-state index is 13.0. The van der Waals surface area contributed by atoms with Gasteiger partial charge in [0.05, 0.1) is 17.5 Å². The van der Waals surface area contributed by atoms with Crippen LogP contribution in [0.15, 0.2) is 72.0 Å². The van der Waals surface area contributed by atoms with Gasteiger partial charge in [0, 0.05) is 31.9 Å². The Morgan fingerprint density at radius 3 is 2.28 bits per heavy atom. The van der Waals surface area contributed by atoms with E-state index in [1.165, 1.54) is 16.6 Å². The minimum Gasteiger partial charge on any atom is -0.335 e. The van der Waals surface area contributed by atoms with E-state index in [1.807, 2.05) is 30.3 Å². The first-order valence-electron chi connectivity index (χ1n) is 9.10. The van der Waals surface area contributed by atoms with Crippen molar-refractivity contribution < 1.29 is 13.2 Å². The van der Waals surface area contributed by atoms with Gasteiger partial charge in [-0.2, -0.15) is 4.31 Å². The van der Waals surface area contributed by atoms with E-state index in [2.05, 4.69) is 4.98 Å². The quantitative estimate of drug-likeness (QED) is 0.637. The van der Waals surface area contributed by atoms with Gasteiger partial charge >= 0.3 is 0 Å². The molecule has 1 aliphatic heterocycles. The highest BCUT2D eigenvalue weighted by Crippen LogP contribution is 2.25. The fraction of sp³-hybridized carbons (Fsp3) is 0.200. The highest BCUT2D eigenvalue weighted by Gasteiger charge is 2.32. The van der Waals surface area contributed by atoms with Gasteiger partial charge in [-0.15, -0.1) is 0 Å². The standard InChI is InChI=1S/C20H19ClN4O3S/c21-17-8-4-5-9-19(17)29(27,28)24-12-10-23(11-13-24)20(26)18-14-22-15-25(18)16-6-2-1-3-7-16/h1-9,14-15H,10-13H2. The van der Waals surface area contributed by atoms with Crippen LogP contribution in [0.3, 0.4) is 0 Å². The third-order valence-corrected chi connectivity index (χ3v) is 7.27. The number of amides is 1. The minimum atomic E-state index is -3.70. The molecule has 0 radical (unpaired) electrons. The highest BCUT2D eigenvalue weighted by atomic mass is 35.5. The van der Waals surface area contributed by atoms with Crippen LogP contribution in [0.1, 0.15) is 10.5 Å². The van der Waals surface area contributed by atoms with Crippen LogP contribution in [0.25, 0.3) is 5.69 Å². The van der Waals surface area contributed by atoms with Gasteiger partial charge in [0.1, 0.15) is 10.6 Å². The Kier molecular flexibility index (Phi) is 5.40. The van der Waals surface area contributed by atoms with Crippen molar-refractivity contribution in [2.45, 2.75) is 4.90 Å². The second-order valence-electron chi connectivity index (χ2n) is 6.61. The van der Waals surface area contributed by atoms with Gasteiger partial charge in [-0.1, -0.05) is 41.9 Å². The number of carbonyl (C=O) groups excluding carboxylic acids is 1. The largest absolute Gasteiger partial charge is 0.335 e. The second kappa shape index (κ2) is 7.98. The Labute approximate surface area is 174 Å². The van der Waals surface area contributed by atoms with Crippen molar-refractivity contribution in [3.8, 4) is 5.69 Å².